The molecule has 0 heterocycles. The molecule has 0 aliphatic carbocycles. The van der Waals surface area contributed by atoms with E-state index in [1.807, 2.05) is 13.0 Å². The van der Waals surface area contributed by atoms with Crippen LogP contribution >= 0.6 is 0 Å². The molecule has 0 aromatic rings. The molecule has 0 bridgehead atoms. The molecule has 0 radical (unpaired) electrons. The van der Waals surface area contributed by atoms with Crippen LogP contribution in [0.2, 0.25) is 0 Å². The minimum Gasteiger partial charge on any atom is -0.469 e. The highest BCUT2D eigenvalue weighted by Crippen LogP contribution is 2.07. The van der Waals surface area contributed by atoms with E-state index in [1.54, 1.807) is 6.08 Å². The van der Waals surface area contributed by atoms with Gasteiger partial charge >= 0.3 is 11.9 Å². The van der Waals surface area contributed by atoms with Crippen LogP contribution in [-0.4, -0.2) is 25.7 Å². The van der Waals surface area contributed by atoms with Crippen LogP contribution in [0.5, 0.6) is 0 Å². The first-order valence-corrected chi connectivity index (χ1v) is 4.94. The fraction of sp³-hybridized carbons (Fsp3) is 0.636. The topological polar surface area (TPSA) is 52.6 Å². The SMILES string of the molecule is COC(=O)[C@@H](C)CC/C=C\COC(C)=O. The van der Waals surface area contributed by atoms with E-state index in [2.05, 4.69) is 4.74 Å². The molecule has 0 saturated carbocycles. The van der Waals surface area contributed by atoms with Gasteiger partial charge in [0.15, 0.2) is 0 Å². The van der Waals surface area contributed by atoms with Gasteiger partial charge in [-0.3, -0.25) is 9.59 Å². The zero-order valence-corrected chi connectivity index (χ0v) is 9.49. The molecule has 4 heteroatoms. The Kier molecular flexibility index (Phi) is 7.32. The summed E-state index contributed by atoms with van der Waals surface area (Å²) in [6.07, 6.45) is 5.18. The predicted octanol–water partition coefficient (Wildman–Crippen LogP) is 1.69. The summed E-state index contributed by atoms with van der Waals surface area (Å²) in [6, 6.07) is 0. The first-order chi connectivity index (χ1) is 7.07. The molecular formula is C11H18O4. The average Bonchev–Trinajstić information content (AvgIpc) is 2.21. The summed E-state index contributed by atoms with van der Waals surface area (Å²) in [5.41, 5.74) is 0. The molecule has 4 nitrogen and oxygen atoms in total. The van der Waals surface area contributed by atoms with Crippen molar-refractivity contribution in [2.45, 2.75) is 26.7 Å². The van der Waals surface area contributed by atoms with Gasteiger partial charge in [0.05, 0.1) is 13.0 Å². The minimum absolute atomic E-state index is 0.0895. The average molecular weight is 214 g/mol. The molecular weight excluding hydrogens is 196 g/mol. The monoisotopic (exact) mass is 214 g/mol. The number of esters is 2. The normalized spacial score (nSPS) is 12.5. The molecule has 0 rings (SSSR count). The second-order valence-corrected chi connectivity index (χ2v) is 3.28. The summed E-state index contributed by atoms with van der Waals surface area (Å²) in [5.74, 6) is -0.570. The quantitative estimate of drug-likeness (QED) is 0.498. The van der Waals surface area contributed by atoms with Crippen molar-refractivity contribution in [3.8, 4) is 0 Å². The van der Waals surface area contributed by atoms with Crippen molar-refractivity contribution in [3.05, 3.63) is 12.2 Å². The van der Waals surface area contributed by atoms with E-state index in [9.17, 15) is 9.59 Å². The molecule has 15 heavy (non-hydrogen) atoms. The molecule has 0 fully saturated rings. The fourth-order valence-corrected chi connectivity index (χ4v) is 1.02. The maximum atomic E-state index is 11.0. The Morgan fingerprint density at radius 1 is 1.33 bits per heavy atom. The Morgan fingerprint density at radius 3 is 2.53 bits per heavy atom. The zero-order chi connectivity index (χ0) is 11.7. The van der Waals surface area contributed by atoms with Crippen LogP contribution in [0, 0.1) is 5.92 Å². The minimum atomic E-state index is -0.289. The summed E-state index contributed by atoms with van der Waals surface area (Å²) < 4.78 is 9.29. The lowest BCUT2D eigenvalue weighted by Gasteiger charge is -2.06. The second-order valence-electron chi connectivity index (χ2n) is 3.28. The molecule has 0 aliphatic heterocycles. The van der Waals surface area contributed by atoms with Crippen LogP contribution in [0.1, 0.15) is 26.7 Å². The third-order valence-electron chi connectivity index (χ3n) is 1.92. The Bertz CT molecular complexity index is 233. The number of methoxy groups -OCH3 is 1. The molecule has 0 amide bonds. The fourth-order valence-electron chi connectivity index (χ4n) is 1.02. The maximum Gasteiger partial charge on any atom is 0.308 e. The molecule has 0 saturated heterocycles. The van der Waals surface area contributed by atoms with Gasteiger partial charge in [0.25, 0.3) is 0 Å². The predicted molar refractivity (Wildman–Crippen MR) is 56.2 cm³/mol. The highest BCUT2D eigenvalue weighted by molar-refractivity contribution is 5.71. The summed E-state index contributed by atoms with van der Waals surface area (Å²) in [5, 5.41) is 0. The summed E-state index contributed by atoms with van der Waals surface area (Å²) in [4.78, 5) is 21.4. The Balaban J connectivity index is 3.52. The van der Waals surface area contributed by atoms with E-state index < -0.39 is 0 Å². The molecule has 0 spiro atoms. The van der Waals surface area contributed by atoms with Crippen LogP contribution in [0.15, 0.2) is 12.2 Å². The number of carbonyl (C=O) groups is 2. The molecule has 0 aromatic heterocycles. The number of allylic oxidation sites excluding steroid dienone is 1. The number of rotatable bonds is 6. The van der Waals surface area contributed by atoms with Gasteiger partial charge < -0.3 is 9.47 Å². The first kappa shape index (κ1) is 13.7. The molecule has 0 N–H and O–H groups in total. The Labute approximate surface area is 90.2 Å². The van der Waals surface area contributed by atoms with E-state index in [1.165, 1.54) is 14.0 Å². The largest absolute Gasteiger partial charge is 0.469 e. The van der Waals surface area contributed by atoms with Crippen molar-refractivity contribution in [3.63, 3.8) is 0 Å². The third-order valence-corrected chi connectivity index (χ3v) is 1.92. The summed E-state index contributed by atoms with van der Waals surface area (Å²) >= 11 is 0. The van der Waals surface area contributed by atoms with Gasteiger partial charge in [-0.15, -0.1) is 0 Å². The van der Waals surface area contributed by atoms with Crippen LogP contribution in [0.4, 0.5) is 0 Å². The van der Waals surface area contributed by atoms with Crippen molar-refractivity contribution in [1.29, 1.82) is 0 Å². The third kappa shape index (κ3) is 7.73. The lowest BCUT2D eigenvalue weighted by Crippen LogP contribution is -2.11. The number of hydrogen-bond acceptors (Lipinski definition) is 4. The lowest BCUT2D eigenvalue weighted by molar-refractivity contribution is -0.145. The van der Waals surface area contributed by atoms with E-state index in [0.29, 0.717) is 6.61 Å². The molecule has 86 valence electrons. The van der Waals surface area contributed by atoms with E-state index in [0.717, 1.165) is 12.8 Å². The number of carbonyl (C=O) groups excluding carboxylic acids is 2. The van der Waals surface area contributed by atoms with E-state index in [4.69, 9.17) is 4.74 Å². The molecule has 0 aromatic carbocycles. The highest BCUT2D eigenvalue weighted by Gasteiger charge is 2.10. The Hall–Kier alpha value is -1.32. The molecule has 0 unspecified atom stereocenters. The van der Waals surface area contributed by atoms with Crippen LogP contribution in [0.25, 0.3) is 0 Å². The van der Waals surface area contributed by atoms with Crippen LogP contribution < -0.4 is 0 Å². The number of hydrogen-bond donors (Lipinski definition) is 0. The van der Waals surface area contributed by atoms with E-state index >= 15 is 0 Å². The van der Waals surface area contributed by atoms with E-state index in [-0.39, 0.29) is 17.9 Å². The van der Waals surface area contributed by atoms with Crippen molar-refractivity contribution in [2.24, 2.45) is 5.92 Å². The van der Waals surface area contributed by atoms with Crippen LogP contribution in [0.3, 0.4) is 0 Å². The van der Waals surface area contributed by atoms with Gasteiger partial charge in [-0.25, -0.2) is 0 Å². The van der Waals surface area contributed by atoms with Crippen molar-refractivity contribution in [1.82, 2.24) is 0 Å². The summed E-state index contributed by atoms with van der Waals surface area (Å²) in [7, 11) is 1.38. The zero-order valence-electron chi connectivity index (χ0n) is 9.49. The van der Waals surface area contributed by atoms with Gasteiger partial charge in [-0.05, 0) is 12.8 Å². The van der Waals surface area contributed by atoms with Crippen molar-refractivity contribution >= 4 is 11.9 Å². The van der Waals surface area contributed by atoms with Gasteiger partial charge in [0, 0.05) is 6.92 Å². The van der Waals surface area contributed by atoms with Crippen LogP contribution in [-0.2, 0) is 19.1 Å². The summed E-state index contributed by atoms with van der Waals surface area (Å²) in [6.45, 7) is 3.49. The maximum absolute atomic E-state index is 11.0. The molecule has 1 atom stereocenters. The Morgan fingerprint density at radius 2 is 2.00 bits per heavy atom. The van der Waals surface area contributed by atoms with Gasteiger partial charge in [-0.1, -0.05) is 19.1 Å². The highest BCUT2D eigenvalue weighted by atomic mass is 16.5. The van der Waals surface area contributed by atoms with Crippen molar-refractivity contribution in [2.75, 3.05) is 13.7 Å². The van der Waals surface area contributed by atoms with Gasteiger partial charge in [0.2, 0.25) is 0 Å². The first-order valence-electron chi connectivity index (χ1n) is 4.94. The lowest BCUT2D eigenvalue weighted by atomic mass is 10.1. The van der Waals surface area contributed by atoms with Gasteiger partial charge in [0.1, 0.15) is 6.61 Å². The smallest absolute Gasteiger partial charge is 0.308 e. The number of ether oxygens (including phenoxy) is 2. The standard InChI is InChI=1S/C11H18O4/c1-9(11(13)14-3)7-5-4-6-8-15-10(2)12/h4,6,9H,5,7-8H2,1-3H3/b6-4-/t9-/m0/s1. The van der Waals surface area contributed by atoms with Gasteiger partial charge in [-0.2, -0.15) is 0 Å². The van der Waals surface area contributed by atoms with Crippen molar-refractivity contribution < 1.29 is 19.1 Å². The second kappa shape index (κ2) is 8.03. The molecule has 0 aliphatic rings.